The minimum Gasteiger partial charge on any atom is -0.490 e. The first-order chi connectivity index (χ1) is 24.5. The number of rotatable bonds is 5. The molecular weight excluding hydrogens is 688 g/mol. The number of urea groups is 1. The number of anilines is 1. The molecule has 4 aliphatic rings. The highest BCUT2D eigenvalue weighted by Crippen LogP contribution is 2.45. The van der Waals surface area contributed by atoms with E-state index < -0.39 is 21.9 Å². The quantitative estimate of drug-likeness (QED) is 0.328. The van der Waals surface area contributed by atoms with Gasteiger partial charge in [0, 0.05) is 42.8 Å². The summed E-state index contributed by atoms with van der Waals surface area (Å²) in [6.07, 6.45) is 8.48. The smallest absolute Gasteiger partial charge is 0.330 e. The van der Waals surface area contributed by atoms with Crippen LogP contribution in [0.5, 0.6) is 5.75 Å². The zero-order chi connectivity index (χ0) is 36.3. The topological polar surface area (TPSA) is 110 Å². The zero-order valence-electron chi connectivity index (χ0n) is 30.6. The molecule has 0 saturated carbocycles. The monoisotopic (exact) mass is 740 g/mol. The lowest BCUT2D eigenvalue weighted by Crippen LogP contribution is -2.58. The van der Waals surface area contributed by atoms with E-state index in [4.69, 9.17) is 25.8 Å². The molecular formula is C39H53ClN4O6S. The molecule has 3 heterocycles. The van der Waals surface area contributed by atoms with E-state index in [1.54, 1.807) is 13.2 Å². The Hall–Kier alpha value is -3.12. The van der Waals surface area contributed by atoms with Crippen molar-refractivity contribution in [3.8, 4) is 5.75 Å². The van der Waals surface area contributed by atoms with E-state index in [-0.39, 0.29) is 41.1 Å². The van der Waals surface area contributed by atoms with Crippen molar-refractivity contribution >= 4 is 39.1 Å². The molecule has 0 aromatic heterocycles. The summed E-state index contributed by atoms with van der Waals surface area (Å²) in [4.78, 5) is 31.1. The molecule has 0 unspecified atom stereocenters. The van der Waals surface area contributed by atoms with Gasteiger partial charge in [-0.2, -0.15) is 0 Å². The third-order valence-corrected chi connectivity index (χ3v) is 13.3. The van der Waals surface area contributed by atoms with E-state index in [2.05, 4.69) is 52.1 Å². The Morgan fingerprint density at radius 1 is 1.16 bits per heavy atom. The molecule has 278 valence electrons. The van der Waals surface area contributed by atoms with Gasteiger partial charge >= 0.3 is 6.03 Å². The van der Waals surface area contributed by atoms with Gasteiger partial charge in [-0.15, -0.1) is 4.36 Å². The van der Waals surface area contributed by atoms with Crippen molar-refractivity contribution in [1.29, 1.82) is 0 Å². The van der Waals surface area contributed by atoms with E-state index in [9.17, 15) is 13.8 Å². The summed E-state index contributed by atoms with van der Waals surface area (Å²) in [5.41, 5.74) is 3.35. The number of carbonyl (C=O) groups excluding carboxylic acids is 2. The van der Waals surface area contributed by atoms with Crippen LogP contribution in [0.15, 0.2) is 52.9 Å². The molecule has 3 amide bonds. The zero-order valence-corrected chi connectivity index (χ0v) is 32.1. The molecule has 6 atom stereocenters. The van der Waals surface area contributed by atoms with Gasteiger partial charge < -0.3 is 24.0 Å². The summed E-state index contributed by atoms with van der Waals surface area (Å²) in [6, 6.07) is 11.1. The molecule has 6 rings (SSSR count). The first-order valence-electron chi connectivity index (χ1n) is 18.4. The number of amides is 3. The van der Waals surface area contributed by atoms with Gasteiger partial charge in [-0.1, -0.05) is 57.0 Å². The summed E-state index contributed by atoms with van der Waals surface area (Å²) in [6.45, 7) is 11.6. The fourth-order valence-corrected chi connectivity index (χ4v) is 10.5. The number of nitrogens with one attached hydrogen (secondary N) is 1. The van der Waals surface area contributed by atoms with Crippen molar-refractivity contribution in [2.24, 2.45) is 22.1 Å². The maximum Gasteiger partial charge on any atom is 0.330 e. The molecule has 1 N–H and O–H groups in total. The normalized spacial score (nSPS) is 30.7. The SMILES string of the molecule is CCOC1CN(C(=O)N[S@@]2(=O)=NC(=O)c3ccc4c(c3)N(C[C@H](C)[C@@H](CC)[C@@H](OC)/C=C/C[C@H](C)C2)C[C@@]2(CCCc3cc(Cl)ccc32)CO4)C1. The number of hydrogen-bond donors (Lipinski definition) is 1. The Kier molecular flexibility index (Phi) is 11.7. The van der Waals surface area contributed by atoms with Crippen LogP contribution in [-0.4, -0.2) is 85.5 Å². The van der Waals surface area contributed by atoms with Crippen molar-refractivity contribution < 1.29 is 28.0 Å². The number of methoxy groups -OCH3 is 1. The van der Waals surface area contributed by atoms with Gasteiger partial charge in [0.15, 0.2) is 0 Å². The Bertz CT molecular complexity index is 1750. The number of hydrogen-bond acceptors (Lipinski definition) is 7. The molecule has 51 heavy (non-hydrogen) atoms. The van der Waals surface area contributed by atoms with Gasteiger partial charge in [0.1, 0.15) is 15.7 Å². The van der Waals surface area contributed by atoms with Crippen LogP contribution in [0, 0.1) is 17.8 Å². The number of carbonyl (C=O) groups is 2. The van der Waals surface area contributed by atoms with Gasteiger partial charge in [0.2, 0.25) is 0 Å². The summed E-state index contributed by atoms with van der Waals surface area (Å²) >= 11 is 6.46. The van der Waals surface area contributed by atoms with E-state index >= 15 is 0 Å². The number of benzene rings is 2. The minimum absolute atomic E-state index is 0.0227. The Labute approximate surface area is 308 Å². The standard InChI is InChI=1S/C39H53ClN4O6S/c1-6-32-27(4)20-44-24-39(17-9-11-28-18-30(40)14-15-33(28)39)25-50-36-16-13-29(19-34(36)44)37(45)41-51(47,23-26(3)10-8-12-35(32)48-5)42-38(46)43-21-31(22-43)49-7-2/h8,12-16,18-19,26-27,31-32,35H,6-7,9-11,17,20-25H2,1-5H3,(H,41,42,45,46,47)/b12-8+/t26-,27-,32+,35-,39-,51-/m0/s1. The van der Waals surface area contributed by atoms with Crippen molar-refractivity contribution in [3.05, 3.63) is 70.3 Å². The van der Waals surface area contributed by atoms with Crippen molar-refractivity contribution in [1.82, 2.24) is 9.62 Å². The minimum atomic E-state index is -3.49. The highest BCUT2D eigenvalue weighted by atomic mass is 35.5. The van der Waals surface area contributed by atoms with Crippen LogP contribution >= 0.6 is 11.6 Å². The molecule has 1 saturated heterocycles. The summed E-state index contributed by atoms with van der Waals surface area (Å²) < 4.78 is 39.8. The van der Waals surface area contributed by atoms with Gasteiger partial charge in [0.25, 0.3) is 5.91 Å². The third kappa shape index (κ3) is 8.27. The maximum absolute atomic E-state index is 14.5. The average Bonchev–Trinajstić information content (AvgIpc) is 3.21. The van der Waals surface area contributed by atoms with Crippen LogP contribution in [0.25, 0.3) is 0 Å². The molecule has 1 aliphatic carbocycles. The number of nitrogens with zero attached hydrogens (tertiary/aromatic N) is 3. The number of fused-ring (bicyclic) bond motifs is 3. The van der Waals surface area contributed by atoms with E-state index in [1.807, 2.05) is 32.0 Å². The number of ether oxygens (including phenoxy) is 3. The first kappa shape index (κ1) is 37.6. The Morgan fingerprint density at radius 2 is 1.96 bits per heavy atom. The first-order valence-corrected chi connectivity index (χ1v) is 20.5. The maximum atomic E-state index is 14.5. The largest absolute Gasteiger partial charge is 0.490 e. The highest BCUT2D eigenvalue weighted by Gasteiger charge is 2.43. The predicted molar refractivity (Wildman–Crippen MR) is 202 cm³/mol. The molecule has 1 fully saturated rings. The Balaban J connectivity index is 1.41. The van der Waals surface area contributed by atoms with Crippen molar-refractivity contribution in [2.45, 2.75) is 77.4 Å². The number of likely N-dealkylation sites (tertiary alicyclic amines) is 1. The molecule has 2 aromatic carbocycles. The number of aryl methyl sites for hydroxylation is 1. The lowest BCUT2D eigenvalue weighted by Gasteiger charge is -2.42. The molecule has 12 heteroatoms. The van der Waals surface area contributed by atoms with E-state index in [0.717, 1.165) is 36.4 Å². The van der Waals surface area contributed by atoms with Crippen LogP contribution in [-0.2, 0) is 31.2 Å². The summed E-state index contributed by atoms with van der Waals surface area (Å²) in [7, 11) is -1.73. The van der Waals surface area contributed by atoms with Crippen LogP contribution in [0.3, 0.4) is 0 Å². The van der Waals surface area contributed by atoms with E-state index in [0.29, 0.717) is 57.1 Å². The molecule has 0 radical (unpaired) electrons. The second kappa shape index (κ2) is 15.9. The van der Waals surface area contributed by atoms with Crippen LogP contribution in [0.2, 0.25) is 5.02 Å². The van der Waals surface area contributed by atoms with E-state index in [1.165, 1.54) is 16.0 Å². The average molecular weight is 741 g/mol. The molecule has 2 bridgehead atoms. The molecule has 10 nitrogen and oxygen atoms in total. The second-order valence-electron chi connectivity index (χ2n) is 14.9. The van der Waals surface area contributed by atoms with Crippen LogP contribution in [0.1, 0.15) is 74.9 Å². The Morgan fingerprint density at radius 3 is 2.71 bits per heavy atom. The summed E-state index contributed by atoms with van der Waals surface area (Å²) in [5.74, 6) is 0.391. The van der Waals surface area contributed by atoms with Crippen molar-refractivity contribution in [2.75, 3.05) is 57.2 Å². The van der Waals surface area contributed by atoms with Gasteiger partial charge in [0.05, 0.1) is 43.3 Å². The number of halogens is 1. The van der Waals surface area contributed by atoms with Gasteiger partial charge in [-0.25, -0.2) is 9.00 Å². The lowest BCUT2D eigenvalue weighted by atomic mass is 9.70. The fourth-order valence-electron chi connectivity index (χ4n) is 8.42. The second-order valence-corrected chi connectivity index (χ2v) is 17.3. The summed E-state index contributed by atoms with van der Waals surface area (Å²) in [5, 5.41) is 0.736. The molecule has 3 aliphatic heterocycles. The molecule has 1 spiro atoms. The molecule has 2 aromatic rings. The third-order valence-electron chi connectivity index (χ3n) is 11.1. The van der Waals surface area contributed by atoms with Crippen molar-refractivity contribution in [3.63, 3.8) is 0 Å². The number of allylic oxidation sites excluding steroid dienone is 1. The predicted octanol–water partition coefficient (Wildman–Crippen LogP) is 7.04. The van der Waals surface area contributed by atoms with Gasteiger partial charge in [-0.05, 0) is 91.8 Å². The fraction of sp³-hybridized carbons (Fsp3) is 0.590. The van der Waals surface area contributed by atoms with Gasteiger partial charge in [-0.3, -0.25) is 9.52 Å². The van der Waals surface area contributed by atoms with Crippen LogP contribution in [0.4, 0.5) is 10.5 Å². The highest BCUT2D eigenvalue weighted by molar-refractivity contribution is 7.92. The lowest BCUT2D eigenvalue weighted by molar-refractivity contribution is -0.0290. The van der Waals surface area contributed by atoms with Crippen LogP contribution < -0.4 is 14.4 Å².